The Labute approximate surface area is 90.6 Å². The lowest BCUT2D eigenvalue weighted by Crippen LogP contribution is -2.15. The summed E-state index contributed by atoms with van der Waals surface area (Å²) in [6.07, 6.45) is 5.55. The lowest BCUT2D eigenvalue weighted by atomic mass is 9.83. The van der Waals surface area contributed by atoms with E-state index in [2.05, 4.69) is 0 Å². The van der Waals surface area contributed by atoms with Crippen LogP contribution in [-0.4, -0.2) is 10.2 Å². The molecule has 1 atom stereocenters. The molecule has 15 heavy (non-hydrogen) atoms. The lowest BCUT2D eigenvalue weighted by Gasteiger charge is -2.26. The van der Waals surface area contributed by atoms with Crippen molar-refractivity contribution in [3.05, 3.63) is 29.8 Å². The molecule has 1 unspecified atom stereocenters. The van der Waals surface area contributed by atoms with Gasteiger partial charge in [0.15, 0.2) is 0 Å². The fourth-order valence-corrected chi connectivity index (χ4v) is 2.43. The number of rotatable bonds is 2. The molecule has 2 nitrogen and oxygen atoms in total. The van der Waals surface area contributed by atoms with Crippen LogP contribution in [-0.2, 0) is 0 Å². The monoisotopic (exact) mass is 206 g/mol. The zero-order chi connectivity index (χ0) is 10.7. The van der Waals surface area contributed by atoms with Gasteiger partial charge in [-0.2, -0.15) is 0 Å². The predicted octanol–water partition coefficient (Wildman–Crippen LogP) is 3.01. The van der Waals surface area contributed by atoms with Crippen molar-refractivity contribution in [2.75, 3.05) is 0 Å². The molecule has 0 bridgehead atoms. The zero-order valence-electron chi connectivity index (χ0n) is 8.89. The van der Waals surface area contributed by atoms with E-state index < -0.39 is 6.10 Å². The fourth-order valence-electron chi connectivity index (χ4n) is 2.43. The largest absolute Gasteiger partial charge is 0.508 e. The maximum absolute atomic E-state index is 10.2. The molecule has 1 aliphatic carbocycles. The molecule has 0 spiro atoms. The molecule has 0 radical (unpaired) electrons. The molecule has 2 N–H and O–H groups in total. The van der Waals surface area contributed by atoms with Crippen molar-refractivity contribution >= 4 is 0 Å². The van der Waals surface area contributed by atoms with Crippen LogP contribution in [0.15, 0.2) is 24.3 Å². The molecule has 1 saturated carbocycles. The van der Waals surface area contributed by atoms with Gasteiger partial charge in [0.1, 0.15) is 5.75 Å². The van der Waals surface area contributed by atoms with Crippen molar-refractivity contribution in [2.24, 2.45) is 5.92 Å². The highest BCUT2D eigenvalue weighted by Gasteiger charge is 2.22. The Morgan fingerprint density at radius 3 is 2.53 bits per heavy atom. The third kappa shape index (κ3) is 2.51. The molecule has 1 aliphatic rings. The van der Waals surface area contributed by atoms with Gasteiger partial charge in [0, 0.05) is 0 Å². The Balaban J connectivity index is 2.08. The fraction of sp³-hybridized carbons (Fsp3) is 0.538. The van der Waals surface area contributed by atoms with Gasteiger partial charge in [0.05, 0.1) is 6.10 Å². The average molecular weight is 206 g/mol. The highest BCUT2D eigenvalue weighted by molar-refractivity contribution is 5.28. The highest BCUT2D eigenvalue weighted by atomic mass is 16.3. The molecule has 0 amide bonds. The zero-order valence-corrected chi connectivity index (χ0v) is 8.89. The van der Waals surface area contributed by atoms with E-state index in [-0.39, 0.29) is 5.75 Å². The summed E-state index contributed by atoms with van der Waals surface area (Å²) in [6, 6.07) is 6.98. The number of aromatic hydroxyl groups is 1. The second-order valence-electron chi connectivity index (χ2n) is 4.44. The minimum atomic E-state index is -0.405. The third-order valence-corrected chi connectivity index (χ3v) is 3.31. The first-order chi connectivity index (χ1) is 7.27. The van der Waals surface area contributed by atoms with Crippen LogP contribution in [0.2, 0.25) is 0 Å². The van der Waals surface area contributed by atoms with Crippen LogP contribution in [0.3, 0.4) is 0 Å². The Kier molecular flexibility index (Phi) is 3.27. The average Bonchev–Trinajstić information content (AvgIpc) is 2.29. The number of aliphatic hydroxyl groups excluding tert-OH is 1. The normalized spacial score (nSPS) is 20.1. The van der Waals surface area contributed by atoms with Gasteiger partial charge >= 0.3 is 0 Å². The topological polar surface area (TPSA) is 40.5 Å². The first kappa shape index (κ1) is 10.5. The van der Waals surface area contributed by atoms with Crippen molar-refractivity contribution in [3.8, 4) is 5.75 Å². The summed E-state index contributed by atoms with van der Waals surface area (Å²) in [7, 11) is 0. The molecule has 1 aromatic rings. The Morgan fingerprint density at radius 2 is 1.87 bits per heavy atom. The molecule has 2 heteroatoms. The van der Waals surface area contributed by atoms with E-state index in [1.54, 1.807) is 18.2 Å². The number of hydrogen-bond acceptors (Lipinski definition) is 2. The first-order valence-electron chi connectivity index (χ1n) is 5.74. The summed E-state index contributed by atoms with van der Waals surface area (Å²) in [5.41, 5.74) is 0.849. The quantitative estimate of drug-likeness (QED) is 0.781. The molecule has 0 aliphatic heterocycles. The molecular weight excluding hydrogens is 188 g/mol. The molecular formula is C13H18O2. The van der Waals surface area contributed by atoms with Gasteiger partial charge in [-0.05, 0) is 36.5 Å². The predicted molar refractivity (Wildman–Crippen MR) is 59.6 cm³/mol. The van der Waals surface area contributed by atoms with E-state index in [0.29, 0.717) is 5.92 Å². The SMILES string of the molecule is Oc1cccc(C(O)C2CCCCC2)c1. The first-order valence-corrected chi connectivity index (χ1v) is 5.74. The second-order valence-corrected chi connectivity index (χ2v) is 4.44. The molecule has 1 fully saturated rings. The number of phenolic OH excluding ortho intramolecular Hbond substituents is 1. The second kappa shape index (κ2) is 4.67. The van der Waals surface area contributed by atoms with E-state index in [1.807, 2.05) is 6.07 Å². The van der Waals surface area contributed by atoms with E-state index in [9.17, 15) is 10.2 Å². The van der Waals surface area contributed by atoms with E-state index >= 15 is 0 Å². The minimum absolute atomic E-state index is 0.238. The summed E-state index contributed by atoms with van der Waals surface area (Å²) in [6.45, 7) is 0. The smallest absolute Gasteiger partial charge is 0.115 e. The van der Waals surface area contributed by atoms with Crippen LogP contribution in [0, 0.1) is 5.92 Å². The van der Waals surface area contributed by atoms with Gasteiger partial charge < -0.3 is 10.2 Å². The molecule has 0 aromatic heterocycles. The van der Waals surface area contributed by atoms with E-state index in [1.165, 1.54) is 19.3 Å². The van der Waals surface area contributed by atoms with Gasteiger partial charge in [0.25, 0.3) is 0 Å². The standard InChI is InChI=1S/C13H18O2/c14-12-8-4-7-11(9-12)13(15)10-5-2-1-3-6-10/h4,7-10,13-15H,1-3,5-6H2. The molecule has 82 valence electrons. The Bertz CT molecular complexity index is 316. The summed E-state index contributed by atoms with van der Waals surface area (Å²) in [5.74, 6) is 0.614. The van der Waals surface area contributed by atoms with Crippen LogP contribution in [0.25, 0.3) is 0 Å². The van der Waals surface area contributed by atoms with Crippen LogP contribution in [0.4, 0.5) is 0 Å². The Hall–Kier alpha value is -1.02. The third-order valence-electron chi connectivity index (χ3n) is 3.31. The summed E-state index contributed by atoms with van der Waals surface area (Å²) in [4.78, 5) is 0. The van der Waals surface area contributed by atoms with Crippen LogP contribution in [0.1, 0.15) is 43.8 Å². The number of hydrogen-bond donors (Lipinski definition) is 2. The molecule has 0 saturated heterocycles. The minimum Gasteiger partial charge on any atom is -0.508 e. The number of aliphatic hydroxyl groups is 1. The van der Waals surface area contributed by atoms with Crippen LogP contribution < -0.4 is 0 Å². The van der Waals surface area contributed by atoms with Crippen molar-refractivity contribution in [1.29, 1.82) is 0 Å². The van der Waals surface area contributed by atoms with Crippen molar-refractivity contribution in [3.63, 3.8) is 0 Å². The Morgan fingerprint density at radius 1 is 1.13 bits per heavy atom. The van der Waals surface area contributed by atoms with Crippen molar-refractivity contribution < 1.29 is 10.2 Å². The van der Waals surface area contributed by atoms with Gasteiger partial charge in [-0.25, -0.2) is 0 Å². The maximum atomic E-state index is 10.2. The van der Waals surface area contributed by atoms with Gasteiger partial charge in [-0.1, -0.05) is 31.4 Å². The highest BCUT2D eigenvalue weighted by Crippen LogP contribution is 2.34. The van der Waals surface area contributed by atoms with Gasteiger partial charge in [0.2, 0.25) is 0 Å². The van der Waals surface area contributed by atoms with E-state index in [0.717, 1.165) is 18.4 Å². The summed E-state index contributed by atoms with van der Waals surface area (Å²) in [5, 5.41) is 19.5. The van der Waals surface area contributed by atoms with Crippen LogP contribution >= 0.6 is 0 Å². The molecule has 0 heterocycles. The van der Waals surface area contributed by atoms with E-state index in [4.69, 9.17) is 0 Å². The lowest BCUT2D eigenvalue weighted by molar-refractivity contribution is 0.0846. The molecule has 1 aromatic carbocycles. The molecule has 2 rings (SSSR count). The number of phenols is 1. The van der Waals surface area contributed by atoms with Gasteiger partial charge in [-0.3, -0.25) is 0 Å². The van der Waals surface area contributed by atoms with Gasteiger partial charge in [-0.15, -0.1) is 0 Å². The summed E-state index contributed by atoms with van der Waals surface area (Å²) >= 11 is 0. The van der Waals surface area contributed by atoms with Crippen molar-refractivity contribution in [1.82, 2.24) is 0 Å². The van der Waals surface area contributed by atoms with Crippen molar-refractivity contribution in [2.45, 2.75) is 38.2 Å². The van der Waals surface area contributed by atoms with Crippen LogP contribution in [0.5, 0.6) is 5.75 Å². The number of benzene rings is 1. The maximum Gasteiger partial charge on any atom is 0.115 e. The summed E-state index contributed by atoms with van der Waals surface area (Å²) < 4.78 is 0.